The molecule has 0 saturated carbocycles. The number of rotatable bonds is 12. The fourth-order valence-corrected chi connectivity index (χ4v) is 5.76. The number of nitrogens with one attached hydrogen (secondary N) is 1. The largest absolute Gasteiger partial charge is 0.416 e. The molecule has 1 N–H and O–H groups in total. The molecule has 0 aromatic heterocycles. The van der Waals surface area contributed by atoms with Crippen LogP contribution in [0.15, 0.2) is 77.7 Å². The van der Waals surface area contributed by atoms with Crippen molar-refractivity contribution in [2.45, 2.75) is 50.3 Å². The number of anilines is 1. The number of hydrogen-bond donors (Lipinski definition) is 1. The zero-order valence-corrected chi connectivity index (χ0v) is 24.4. The molecular formula is C29H30ClF4N3O4S. The lowest BCUT2D eigenvalue weighted by Gasteiger charge is -2.32. The van der Waals surface area contributed by atoms with Gasteiger partial charge < -0.3 is 10.2 Å². The minimum absolute atomic E-state index is 0.0497. The zero-order valence-electron chi connectivity index (χ0n) is 22.9. The first-order valence-electron chi connectivity index (χ1n) is 13.0. The van der Waals surface area contributed by atoms with E-state index in [0.29, 0.717) is 29.4 Å². The van der Waals surface area contributed by atoms with Gasteiger partial charge in [0.25, 0.3) is 10.0 Å². The van der Waals surface area contributed by atoms with E-state index in [1.807, 2.05) is 6.92 Å². The van der Waals surface area contributed by atoms with E-state index in [1.165, 1.54) is 55.5 Å². The summed E-state index contributed by atoms with van der Waals surface area (Å²) in [7, 11) is -4.65. The number of hydrogen-bond acceptors (Lipinski definition) is 4. The molecule has 3 aromatic rings. The summed E-state index contributed by atoms with van der Waals surface area (Å²) in [4.78, 5) is 27.5. The second-order valence-corrected chi connectivity index (χ2v) is 11.7. The average molecular weight is 628 g/mol. The van der Waals surface area contributed by atoms with Crippen molar-refractivity contribution < 1.29 is 35.6 Å². The van der Waals surface area contributed by atoms with Crippen molar-refractivity contribution in [2.75, 3.05) is 17.4 Å². The van der Waals surface area contributed by atoms with Crippen LogP contribution in [0.1, 0.15) is 37.8 Å². The van der Waals surface area contributed by atoms with Gasteiger partial charge in [-0.25, -0.2) is 12.8 Å². The molecule has 0 aliphatic rings. The molecule has 3 rings (SSSR count). The highest BCUT2D eigenvalue weighted by atomic mass is 35.5. The molecule has 0 unspecified atom stereocenters. The third-order valence-corrected chi connectivity index (χ3v) is 8.54. The summed E-state index contributed by atoms with van der Waals surface area (Å²) in [6.07, 6.45) is -3.39. The lowest BCUT2D eigenvalue weighted by molar-refractivity contribution is -0.139. The summed E-state index contributed by atoms with van der Waals surface area (Å²) in [6, 6.07) is 13.3. The van der Waals surface area contributed by atoms with Crippen molar-refractivity contribution >= 4 is 39.1 Å². The second kappa shape index (κ2) is 14.0. The normalized spacial score (nSPS) is 12.5. The second-order valence-electron chi connectivity index (χ2n) is 9.42. The molecule has 7 nitrogen and oxygen atoms in total. The van der Waals surface area contributed by atoms with Crippen molar-refractivity contribution in [1.29, 1.82) is 0 Å². The highest BCUT2D eigenvalue weighted by Gasteiger charge is 2.36. The van der Waals surface area contributed by atoms with Crippen LogP contribution in [-0.2, 0) is 32.3 Å². The molecular weight excluding hydrogens is 598 g/mol. The molecule has 42 heavy (non-hydrogen) atoms. The molecule has 0 spiro atoms. The smallest absolute Gasteiger partial charge is 0.354 e. The van der Waals surface area contributed by atoms with Crippen molar-refractivity contribution in [3.8, 4) is 0 Å². The van der Waals surface area contributed by atoms with E-state index < -0.39 is 64.2 Å². The predicted octanol–water partition coefficient (Wildman–Crippen LogP) is 6.03. The third-order valence-electron chi connectivity index (χ3n) is 6.45. The van der Waals surface area contributed by atoms with Gasteiger partial charge in [0.05, 0.1) is 21.2 Å². The summed E-state index contributed by atoms with van der Waals surface area (Å²) < 4.78 is 83.4. The highest BCUT2D eigenvalue weighted by Crippen LogP contribution is 2.37. The van der Waals surface area contributed by atoms with Crippen LogP contribution in [0, 0.1) is 5.82 Å². The number of halogens is 5. The van der Waals surface area contributed by atoms with Gasteiger partial charge in [-0.3, -0.25) is 13.9 Å². The van der Waals surface area contributed by atoms with Gasteiger partial charge in [0.1, 0.15) is 18.4 Å². The van der Waals surface area contributed by atoms with Gasteiger partial charge in [-0.15, -0.1) is 0 Å². The van der Waals surface area contributed by atoms with Crippen LogP contribution in [0.5, 0.6) is 0 Å². The van der Waals surface area contributed by atoms with Gasteiger partial charge in [-0.1, -0.05) is 61.3 Å². The van der Waals surface area contributed by atoms with Crippen LogP contribution in [0.3, 0.4) is 0 Å². The molecule has 2 amide bonds. The molecule has 0 aliphatic carbocycles. The Labute approximate surface area is 247 Å². The Morgan fingerprint density at radius 2 is 1.64 bits per heavy atom. The molecule has 226 valence electrons. The maximum Gasteiger partial charge on any atom is 0.416 e. The van der Waals surface area contributed by atoms with Crippen molar-refractivity contribution in [3.05, 3.63) is 94.8 Å². The average Bonchev–Trinajstić information content (AvgIpc) is 2.95. The number of carbonyl (C=O) groups excluding carboxylic acids is 2. The number of amides is 2. The SMILES string of the molecule is CCCCNC(=O)[C@@H](C)N(Cc1ccccc1F)C(=O)CN(c1cc(C(F)(F)F)ccc1Cl)S(=O)(=O)c1ccccc1. The first kappa shape index (κ1) is 32.9. The van der Waals surface area contributed by atoms with Gasteiger partial charge >= 0.3 is 6.18 Å². The van der Waals surface area contributed by atoms with Crippen molar-refractivity contribution in [3.63, 3.8) is 0 Å². The predicted molar refractivity (Wildman–Crippen MR) is 152 cm³/mol. The number of nitrogens with zero attached hydrogens (tertiary/aromatic N) is 2. The fraction of sp³-hybridized carbons (Fsp3) is 0.310. The number of carbonyl (C=O) groups is 2. The van der Waals surface area contributed by atoms with Crippen molar-refractivity contribution in [2.24, 2.45) is 0 Å². The van der Waals surface area contributed by atoms with Crippen LogP contribution >= 0.6 is 11.6 Å². The Balaban J connectivity index is 2.11. The molecule has 0 heterocycles. The number of unbranched alkanes of at least 4 members (excludes halogenated alkanes) is 1. The fourth-order valence-electron chi connectivity index (χ4n) is 4.04. The molecule has 0 fully saturated rings. The Morgan fingerprint density at radius 3 is 2.26 bits per heavy atom. The highest BCUT2D eigenvalue weighted by molar-refractivity contribution is 7.92. The molecule has 3 aromatic carbocycles. The molecule has 0 bridgehead atoms. The quantitative estimate of drug-likeness (QED) is 0.196. The zero-order chi connectivity index (χ0) is 31.1. The first-order valence-corrected chi connectivity index (χ1v) is 14.8. The minimum Gasteiger partial charge on any atom is -0.354 e. The van der Waals surface area contributed by atoms with Crippen LogP contribution < -0.4 is 9.62 Å². The Kier molecular flexibility index (Phi) is 11.0. The standard InChI is InChI=1S/C29H30ClF4N3O4S/c1-3-4-16-35-28(39)20(2)36(18-21-10-8-9-13-25(21)31)27(38)19-37(42(40,41)23-11-6-5-7-12-23)26-17-22(29(32,33)34)14-15-24(26)30/h5-15,17,20H,3-4,16,18-19H2,1-2H3,(H,35,39)/t20-/m1/s1. The van der Waals surface area contributed by atoms with Gasteiger partial charge in [0.15, 0.2) is 0 Å². The van der Waals surface area contributed by atoms with Crippen LogP contribution in [0.25, 0.3) is 0 Å². The Hall–Kier alpha value is -3.64. The molecule has 13 heteroatoms. The number of sulfonamides is 1. The molecule has 0 aliphatic heterocycles. The lowest BCUT2D eigenvalue weighted by Crippen LogP contribution is -2.51. The molecule has 0 radical (unpaired) electrons. The van der Waals surface area contributed by atoms with E-state index in [-0.39, 0.29) is 15.5 Å². The maximum atomic E-state index is 14.6. The van der Waals surface area contributed by atoms with E-state index in [1.54, 1.807) is 6.07 Å². The number of benzene rings is 3. The van der Waals surface area contributed by atoms with Crippen molar-refractivity contribution in [1.82, 2.24) is 10.2 Å². The van der Waals surface area contributed by atoms with E-state index in [0.717, 1.165) is 17.4 Å². The van der Waals surface area contributed by atoms with Crippen LogP contribution in [-0.4, -0.2) is 44.3 Å². The van der Waals surface area contributed by atoms with E-state index in [9.17, 15) is 35.6 Å². The first-order chi connectivity index (χ1) is 19.8. The third kappa shape index (κ3) is 8.01. The Morgan fingerprint density at radius 1 is 1.00 bits per heavy atom. The van der Waals surface area contributed by atoms with Gasteiger partial charge in [-0.05, 0) is 49.7 Å². The van der Waals surface area contributed by atoms with Gasteiger partial charge in [0.2, 0.25) is 11.8 Å². The van der Waals surface area contributed by atoms with E-state index in [2.05, 4.69) is 5.32 Å². The Bertz CT molecular complexity index is 1500. The topological polar surface area (TPSA) is 86.8 Å². The minimum atomic E-state index is -4.84. The maximum absolute atomic E-state index is 14.6. The number of alkyl halides is 3. The summed E-state index contributed by atoms with van der Waals surface area (Å²) in [5.41, 5.74) is -1.72. The summed E-state index contributed by atoms with van der Waals surface area (Å²) in [5, 5.41) is 2.33. The van der Waals surface area contributed by atoms with E-state index >= 15 is 0 Å². The van der Waals surface area contributed by atoms with Crippen LogP contribution in [0.2, 0.25) is 5.02 Å². The lowest BCUT2D eigenvalue weighted by atomic mass is 10.1. The van der Waals surface area contributed by atoms with Crippen LogP contribution in [0.4, 0.5) is 23.2 Å². The molecule has 0 saturated heterocycles. The monoisotopic (exact) mass is 627 g/mol. The summed E-state index contributed by atoms with van der Waals surface area (Å²) in [6.45, 7) is 2.19. The summed E-state index contributed by atoms with van der Waals surface area (Å²) in [5.74, 6) is -2.20. The summed E-state index contributed by atoms with van der Waals surface area (Å²) >= 11 is 6.22. The van der Waals surface area contributed by atoms with E-state index in [4.69, 9.17) is 11.6 Å². The van der Waals surface area contributed by atoms with Gasteiger partial charge in [0, 0.05) is 18.7 Å². The van der Waals surface area contributed by atoms with Gasteiger partial charge in [-0.2, -0.15) is 13.2 Å². The molecule has 1 atom stereocenters.